The van der Waals surface area contributed by atoms with Gasteiger partial charge in [0.25, 0.3) is 0 Å². The van der Waals surface area contributed by atoms with Gasteiger partial charge in [0.1, 0.15) is 12.6 Å². The molecule has 0 saturated heterocycles. The molecule has 7 nitrogen and oxygen atoms in total. The van der Waals surface area contributed by atoms with Crippen LogP contribution in [0.1, 0.15) is 16.7 Å². The molecule has 1 atom stereocenters. The fourth-order valence-electron chi connectivity index (χ4n) is 2.50. The number of aryl methyl sites for hydroxylation is 1. The van der Waals surface area contributed by atoms with Crippen LogP contribution in [0.4, 0.5) is 16.2 Å². The number of carbonyl (C=O) groups excluding carboxylic acids is 2. The predicted octanol–water partition coefficient (Wildman–Crippen LogP) is 2.17. The Morgan fingerprint density at radius 2 is 1.81 bits per heavy atom. The van der Waals surface area contributed by atoms with E-state index in [4.69, 9.17) is 20.9 Å². The van der Waals surface area contributed by atoms with Crippen molar-refractivity contribution in [3.05, 3.63) is 59.2 Å². The molecule has 0 bridgehead atoms. The van der Waals surface area contributed by atoms with Gasteiger partial charge in [-0.25, -0.2) is 9.59 Å². The van der Waals surface area contributed by atoms with Gasteiger partial charge in [-0.15, -0.1) is 0 Å². The van der Waals surface area contributed by atoms with Crippen molar-refractivity contribution in [2.24, 2.45) is 0 Å². The first-order chi connectivity index (χ1) is 12.4. The van der Waals surface area contributed by atoms with Gasteiger partial charge in [-0.1, -0.05) is 36.4 Å². The number of alkyl carbamates (subject to hydrolysis) is 1. The number of carbonyl (C=O) groups is 2. The molecule has 2 aromatic carbocycles. The molecule has 138 valence electrons. The number of rotatable bonds is 6. The van der Waals surface area contributed by atoms with Crippen LogP contribution in [0.2, 0.25) is 0 Å². The summed E-state index contributed by atoms with van der Waals surface area (Å²) in [5, 5.41) is 2.53. The summed E-state index contributed by atoms with van der Waals surface area (Å²) in [5.74, 6) is -0.574. The molecular formula is C19H23N3O4. The van der Waals surface area contributed by atoms with Gasteiger partial charge >= 0.3 is 12.1 Å². The monoisotopic (exact) mass is 357 g/mol. The lowest BCUT2D eigenvalue weighted by Gasteiger charge is -2.17. The van der Waals surface area contributed by atoms with Crippen molar-refractivity contribution in [2.45, 2.75) is 26.0 Å². The molecule has 0 aliphatic heterocycles. The van der Waals surface area contributed by atoms with Crippen LogP contribution in [-0.4, -0.2) is 25.2 Å². The van der Waals surface area contributed by atoms with Gasteiger partial charge < -0.3 is 26.3 Å². The first-order valence-corrected chi connectivity index (χ1v) is 8.10. The van der Waals surface area contributed by atoms with E-state index in [9.17, 15) is 9.59 Å². The molecule has 0 fully saturated rings. The Hall–Kier alpha value is -3.22. The Labute approximate surface area is 152 Å². The van der Waals surface area contributed by atoms with E-state index < -0.39 is 18.1 Å². The highest BCUT2D eigenvalue weighted by Gasteiger charge is 2.23. The summed E-state index contributed by atoms with van der Waals surface area (Å²) in [6.07, 6.45) is -0.497. The number of methoxy groups -OCH3 is 1. The summed E-state index contributed by atoms with van der Waals surface area (Å²) in [6.45, 7) is 1.93. The van der Waals surface area contributed by atoms with E-state index in [0.717, 1.165) is 16.7 Å². The topological polar surface area (TPSA) is 117 Å². The van der Waals surface area contributed by atoms with Gasteiger partial charge in [-0.05, 0) is 29.7 Å². The minimum Gasteiger partial charge on any atom is -0.467 e. The second-order valence-corrected chi connectivity index (χ2v) is 5.90. The lowest BCUT2D eigenvalue weighted by Crippen LogP contribution is -2.43. The van der Waals surface area contributed by atoms with Gasteiger partial charge in [0.15, 0.2) is 0 Å². The maximum Gasteiger partial charge on any atom is 0.408 e. The number of hydrogen-bond donors (Lipinski definition) is 3. The van der Waals surface area contributed by atoms with Crippen molar-refractivity contribution in [2.75, 3.05) is 18.6 Å². The Kier molecular flexibility index (Phi) is 6.43. The van der Waals surface area contributed by atoms with E-state index in [1.807, 2.05) is 43.3 Å². The number of benzene rings is 2. The zero-order chi connectivity index (χ0) is 19.1. The Morgan fingerprint density at radius 1 is 1.12 bits per heavy atom. The molecule has 0 spiro atoms. The molecule has 0 aromatic heterocycles. The normalized spacial score (nSPS) is 11.5. The number of hydrogen-bond acceptors (Lipinski definition) is 6. The second kappa shape index (κ2) is 8.75. The molecule has 0 aliphatic rings. The maximum absolute atomic E-state index is 12.0. The average molecular weight is 357 g/mol. The first-order valence-electron chi connectivity index (χ1n) is 8.10. The minimum atomic E-state index is -0.898. The van der Waals surface area contributed by atoms with E-state index in [1.165, 1.54) is 7.11 Å². The van der Waals surface area contributed by atoms with Crippen molar-refractivity contribution < 1.29 is 19.1 Å². The molecule has 0 heterocycles. The zero-order valence-electron chi connectivity index (χ0n) is 14.8. The highest BCUT2D eigenvalue weighted by molar-refractivity contribution is 5.81. The molecule has 2 aromatic rings. The molecule has 1 amide bonds. The molecule has 7 heteroatoms. The Morgan fingerprint density at radius 3 is 2.42 bits per heavy atom. The van der Waals surface area contributed by atoms with Crippen LogP contribution >= 0.6 is 0 Å². The smallest absolute Gasteiger partial charge is 0.408 e. The number of nitrogens with one attached hydrogen (secondary N) is 1. The highest BCUT2D eigenvalue weighted by Crippen LogP contribution is 2.22. The quantitative estimate of drug-likeness (QED) is 0.539. The van der Waals surface area contributed by atoms with Crippen LogP contribution in [0.5, 0.6) is 0 Å². The molecular weight excluding hydrogens is 334 g/mol. The highest BCUT2D eigenvalue weighted by atomic mass is 16.6. The van der Waals surface area contributed by atoms with Crippen LogP contribution in [0.3, 0.4) is 0 Å². The van der Waals surface area contributed by atoms with Gasteiger partial charge in [-0.3, -0.25) is 0 Å². The molecule has 0 radical (unpaired) electrons. The summed E-state index contributed by atoms with van der Waals surface area (Å²) in [5.41, 5.74) is 15.0. The van der Waals surface area contributed by atoms with Gasteiger partial charge in [-0.2, -0.15) is 0 Å². The van der Waals surface area contributed by atoms with Crippen molar-refractivity contribution in [3.63, 3.8) is 0 Å². The van der Waals surface area contributed by atoms with Crippen molar-refractivity contribution in [3.8, 4) is 0 Å². The largest absolute Gasteiger partial charge is 0.467 e. The summed E-state index contributed by atoms with van der Waals surface area (Å²) in [4.78, 5) is 24.1. The number of nitrogen functional groups attached to an aromatic ring is 2. The number of anilines is 2. The van der Waals surface area contributed by atoms with Crippen LogP contribution in [-0.2, 0) is 27.3 Å². The molecule has 0 aliphatic carbocycles. The van der Waals surface area contributed by atoms with E-state index in [-0.39, 0.29) is 13.0 Å². The van der Waals surface area contributed by atoms with E-state index in [1.54, 1.807) is 6.07 Å². The molecule has 5 N–H and O–H groups in total. The number of amides is 1. The summed E-state index contributed by atoms with van der Waals surface area (Å²) < 4.78 is 9.92. The van der Waals surface area contributed by atoms with Crippen molar-refractivity contribution in [1.29, 1.82) is 0 Å². The summed E-state index contributed by atoms with van der Waals surface area (Å²) >= 11 is 0. The van der Waals surface area contributed by atoms with Crippen LogP contribution in [0.15, 0.2) is 42.5 Å². The third kappa shape index (κ3) is 5.14. The molecule has 2 rings (SSSR count). The lowest BCUT2D eigenvalue weighted by atomic mass is 10.0. The minimum absolute atomic E-state index is 0.106. The fraction of sp³-hybridized carbons (Fsp3) is 0.263. The van der Waals surface area contributed by atoms with Gasteiger partial charge in [0, 0.05) is 6.42 Å². The van der Waals surface area contributed by atoms with Crippen LogP contribution in [0.25, 0.3) is 0 Å². The maximum atomic E-state index is 12.0. The summed E-state index contributed by atoms with van der Waals surface area (Å²) in [7, 11) is 1.26. The van der Waals surface area contributed by atoms with Crippen LogP contribution in [0, 0.1) is 6.92 Å². The second-order valence-electron chi connectivity index (χ2n) is 5.90. The Balaban J connectivity index is 2.03. The molecule has 0 saturated carbocycles. The standard InChI is InChI=1S/C19H23N3O4/c1-12-8-14(9-15(20)17(12)21)10-16(18(23)25-2)22-19(24)26-11-13-6-4-3-5-7-13/h3-9,16H,10-11,20-21H2,1-2H3,(H,22,24). The fourth-order valence-corrected chi connectivity index (χ4v) is 2.50. The SMILES string of the molecule is COC(=O)C(Cc1cc(C)c(N)c(N)c1)NC(=O)OCc1ccccc1. The first kappa shape index (κ1) is 19.1. The van der Waals surface area contributed by atoms with Crippen molar-refractivity contribution in [1.82, 2.24) is 5.32 Å². The van der Waals surface area contributed by atoms with Crippen molar-refractivity contribution >= 4 is 23.4 Å². The van der Waals surface area contributed by atoms with Gasteiger partial charge in [0.2, 0.25) is 0 Å². The van der Waals surface area contributed by atoms with E-state index >= 15 is 0 Å². The summed E-state index contributed by atoms with van der Waals surface area (Å²) in [6, 6.07) is 11.8. The lowest BCUT2D eigenvalue weighted by molar-refractivity contribution is -0.143. The third-order valence-electron chi connectivity index (χ3n) is 3.91. The number of nitrogens with two attached hydrogens (primary N) is 2. The van der Waals surface area contributed by atoms with Gasteiger partial charge in [0.05, 0.1) is 18.5 Å². The number of ether oxygens (including phenoxy) is 2. The molecule has 26 heavy (non-hydrogen) atoms. The average Bonchev–Trinajstić information content (AvgIpc) is 2.64. The third-order valence-corrected chi connectivity index (χ3v) is 3.91. The molecule has 1 unspecified atom stereocenters. The zero-order valence-corrected chi connectivity index (χ0v) is 14.8. The predicted molar refractivity (Wildman–Crippen MR) is 99.3 cm³/mol. The Bertz CT molecular complexity index is 755. The van der Waals surface area contributed by atoms with Crippen LogP contribution < -0.4 is 16.8 Å². The van der Waals surface area contributed by atoms with E-state index in [2.05, 4.69) is 5.32 Å². The van der Waals surface area contributed by atoms with E-state index in [0.29, 0.717) is 11.4 Å². The number of esters is 1.